The number of para-hydroxylation sites is 3. The van der Waals surface area contributed by atoms with E-state index in [-0.39, 0.29) is 0 Å². The summed E-state index contributed by atoms with van der Waals surface area (Å²) in [5.41, 5.74) is 4.59. The van der Waals surface area contributed by atoms with Gasteiger partial charge in [-0.25, -0.2) is 4.98 Å². The average Bonchev–Trinajstić information content (AvgIpc) is 3.04. The highest BCUT2D eigenvalue weighted by Crippen LogP contribution is 2.23. The second-order valence-electron chi connectivity index (χ2n) is 7.12. The van der Waals surface area contributed by atoms with Gasteiger partial charge in [0.15, 0.2) is 0 Å². The molecule has 0 bridgehead atoms. The normalized spacial score (nSPS) is 10.9. The van der Waals surface area contributed by atoms with E-state index in [4.69, 9.17) is 9.72 Å². The third kappa shape index (κ3) is 4.91. The van der Waals surface area contributed by atoms with Gasteiger partial charge in [-0.1, -0.05) is 30.3 Å². The van der Waals surface area contributed by atoms with Crippen LogP contribution < -0.4 is 10.1 Å². The number of aryl methyl sites for hydroxylation is 4. The van der Waals surface area contributed by atoms with E-state index in [1.807, 2.05) is 6.07 Å². The van der Waals surface area contributed by atoms with Gasteiger partial charge in [0.05, 0.1) is 17.6 Å². The van der Waals surface area contributed by atoms with Gasteiger partial charge < -0.3 is 14.6 Å². The van der Waals surface area contributed by atoms with Gasteiger partial charge in [0.2, 0.25) is 6.41 Å². The van der Waals surface area contributed by atoms with Crippen molar-refractivity contribution in [2.45, 2.75) is 46.1 Å². The van der Waals surface area contributed by atoms with Crippen LogP contribution >= 0.6 is 0 Å². The highest BCUT2D eigenvalue weighted by atomic mass is 16.5. The summed E-state index contributed by atoms with van der Waals surface area (Å²) in [5, 5.41) is 2.72. The number of fused-ring (bicyclic) bond motifs is 1. The zero-order chi connectivity index (χ0) is 19.8. The molecule has 5 nitrogen and oxygen atoms in total. The third-order valence-electron chi connectivity index (χ3n) is 4.97. The van der Waals surface area contributed by atoms with Crippen LogP contribution in [-0.2, 0) is 17.8 Å². The van der Waals surface area contributed by atoms with Crippen LogP contribution in [0, 0.1) is 13.8 Å². The lowest BCUT2D eigenvalue weighted by Gasteiger charge is -2.13. The van der Waals surface area contributed by atoms with Gasteiger partial charge in [-0.2, -0.15) is 0 Å². The van der Waals surface area contributed by atoms with Crippen molar-refractivity contribution in [3.63, 3.8) is 0 Å². The summed E-state index contributed by atoms with van der Waals surface area (Å²) in [4.78, 5) is 15.2. The number of hydrogen-bond acceptors (Lipinski definition) is 3. The molecule has 3 rings (SSSR count). The lowest BCUT2D eigenvalue weighted by atomic mass is 10.1. The maximum absolute atomic E-state index is 10.4. The Hall–Kier alpha value is -2.82. The quantitative estimate of drug-likeness (QED) is 0.401. The van der Waals surface area contributed by atoms with Crippen LogP contribution in [0.2, 0.25) is 0 Å². The number of aromatic nitrogens is 2. The van der Waals surface area contributed by atoms with Crippen LogP contribution in [0.3, 0.4) is 0 Å². The molecule has 1 heterocycles. The van der Waals surface area contributed by atoms with E-state index >= 15 is 0 Å². The number of unbranched alkanes of at least 4 members (excludes halogenated alkanes) is 1. The van der Waals surface area contributed by atoms with Crippen LogP contribution in [-0.4, -0.2) is 29.1 Å². The number of carbonyl (C=O) groups is 1. The molecule has 148 valence electrons. The molecule has 1 aromatic heterocycles. The first-order chi connectivity index (χ1) is 13.7. The molecule has 0 aliphatic carbocycles. The van der Waals surface area contributed by atoms with E-state index in [0.717, 1.165) is 62.3 Å². The number of amides is 1. The van der Waals surface area contributed by atoms with E-state index in [1.54, 1.807) is 0 Å². The van der Waals surface area contributed by atoms with Crippen molar-refractivity contribution in [1.29, 1.82) is 0 Å². The molecule has 0 radical (unpaired) electrons. The van der Waals surface area contributed by atoms with Crippen molar-refractivity contribution in [2.24, 2.45) is 0 Å². The number of carbonyl (C=O) groups excluding carboxylic acids is 1. The molecule has 0 aliphatic heterocycles. The molecule has 3 aromatic rings. The Morgan fingerprint density at radius 1 is 1.04 bits per heavy atom. The monoisotopic (exact) mass is 379 g/mol. The smallest absolute Gasteiger partial charge is 0.207 e. The number of ether oxygens (including phenoxy) is 1. The largest absolute Gasteiger partial charge is 0.493 e. The third-order valence-corrected chi connectivity index (χ3v) is 4.97. The summed E-state index contributed by atoms with van der Waals surface area (Å²) in [7, 11) is 0. The van der Waals surface area contributed by atoms with Gasteiger partial charge in [-0.05, 0) is 56.4 Å². The summed E-state index contributed by atoms with van der Waals surface area (Å²) < 4.78 is 8.35. The van der Waals surface area contributed by atoms with Crippen LogP contribution in [0.1, 0.15) is 36.2 Å². The van der Waals surface area contributed by atoms with E-state index in [2.05, 4.69) is 60.1 Å². The fraction of sp³-hybridized carbons (Fsp3) is 0.391. The van der Waals surface area contributed by atoms with E-state index < -0.39 is 0 Å². The number of imidazole rings is 1. The van der Waals surface area contributed by atoms with Gasteiger partial charge in [0, 0.05) is 19.5 Å². The first kappa shape index (κ1) is 19.9. The molecule has 0 spiro atoms. The number of nitrogens with zero attached hydrogens (tertiary/aromatic N) is 2. The van der Waals surface area contributed by atoms with E-state index in [1.165, 1.54) is 16.6 Å². The first-order valence-electron chi connectivity index (χ1n) is 10.0. The Bertz CT molecular complexity index is 897. The van der Waals surface area contributed by atoms with Crippen molar-refractivity contribution in [3.05, 3.63) is 59.4 Å². The Morgan fingerprint density at radius 2 is 1.82 bits per heavy atom. The summed E-state index contributed by atoms with van der Waals surface area (Å²) in [6.45, 7) is 6.50. The fourth-order valence-electron chi connectivity index (χ4n) is 3.55. The molecule has 5 heteroatoms. The van der Waals surface area contributed by atoms with Crippen molar-refractivity contribution in [3.8, 4) is 5.75 Å². The zero-order valence-corrected chi connectivity index (χ0v) is 16.8. The Kier molecular flexibility index (Phi) is 7.06. The van der Waals surface area contributed by atoms with Crippen molar-refractivity contribution in [2.75, 3.05) is 13.2 Å². The van der Waals surface area contributed by atoms with Crippen LogP contribution in [0.5, 0.6) is 5.75 Å². The SMILES string of the molecule is Cc1cccc(C)c1OCCCCn1c(CCCNC=O)nc2ccccc21. The number of hydrogen-bond donors (Lipinski definition) is 1. The molecular formula is C23H29N3O2. The minimum absolute atomic E-state index is 0.677. The van der Waals surface area contributed by atoms with Crippen molar-refractivity contribution < 1.29 is 9.53 Å². The standard InChI is InChI=1S/C23H29N3O2/c1-18-9-7-10-19(2)23(18)28-16-6-5-15-26-21-12-4-3-11-20(21)25-22(26)13-8-14-24-17-27/h3-4,7,9-12,17H,5-6,8,13-16H2,1-2H3,(H,24,27). The molecule has 28 heavy (non-hydrogen) atoms. The second kappa shape index (κ2) is 9.93. The minimum atomic E-state index is 0.677. The molecule has 1 N–H and O–H groups in total. The molecule has 0 unspecified atom stereocenters. The maximum Gasteiger partial charge on any atom is 0.207 e. The Morgan fingerprint density at radius 3 is 2.61 bits per heavy atom. The second-order valence-corrected chi connectivity index (χ2v) is 7.12. The highest BCUT2D eigenvalue weighted by Gasteiger charge is 2.10. The van der Waals surface area contributed by atoms with E-state index in [9.17, 15) is 4.79 Å². The van der Waals surface area contributed by atoms with Crippen LogP contribution in [0.25, 0.3) is 11.0 Å². The van der Waals surface area contributed by atoms with Gasteiger partial charge in [0.1, 0.15) is 11.6 Å². The number of rotatable bonds is 11. The molecule has 2 aromatic carbocycles. The van der Waals surface area contributed by atoms with Crippen molar-refractivity contribution >= 4 is 17.4 Å². The summed E-state index contributed by atoms with van der Waals surface area (Å²) >= 11 is 0. The Balaban J connectivity index is 1.57. The predicted octanol–water partition coefficient (Wildman–Crippen LogP) is 4.19. The van der Waals surface area contributed by atoms with Gasteiger partial charge >= 0.3 is 0 Å². The minimum Gasteiger partial charge on any atom is -0.493 e. The fourth-order valence-corrected chi connectivity index (χ4v) is 3.55. The molecular weight excluding hydrogens is 350 g/mol. The summed E-state index contributed by atoms with van der Waals surface area (Å²) in [6.07, 6.45) is 4.52. The molecule has 1 amide bonds. The molecule has 0 saturated heterocycles. The number of benzene rings is 2. The molecule has 0 aliphatic rings. The first-order valence-corrected chi connectivity index (χ1v) is 10.0. The van der Waals surface area contributed by atoms with Gasteiger partial charge in [-0.15, -0.1) is 0 Å². The lowest BCUT2D eigenvalue weighted by molar-refractivity contribution is -0.109. The van der Waals surface area contributed by atoms with Crippen LogP contribution in [0.4, 0.5) is 0 Å². The van der Waals surface area contributed by atoms with Crippen molar-refractivity contribution in [1.82, 2.24) is 14.9 Å². The molecule has 0 saturated carbocycles. The van der Waals surface area contributed by atoms with E-state index in [0.29, 0.717) is 6.54 Å². The predicted molar refractivity (Wildman–Crippen MR) is 113 cm³/mol. The molecule has 0 atom stereocenters. The highest BCUT2D eigenvalue weighted by molar-refractivity contribution is 5.75. The molecule has 0 fully saturated rings. The average molecular weight is 380 g/mol. The van der Waals surface area contributed by atoms with Gasteiger partial charge in [0.25, 0.3) is 0 Å². The zero-order valence-electron chi connectivity index (χ0n) is 16.8. The van der Waals surface area contributed by atoms with Gasteiger partial charge in [-0.3, -0.25) is 4.79 Å². The maximum atomic E-state index is 10.4. The summed E-state index contributed by atoms with van der Waals surface area (Å²) in [5.74, 6) is 2.10. The number of nitrogens with one attached hydrogen (secondary N) is 1. The summed E-state index contributed by atoms with van der Waals surface area (Å²) in [6, 6.07) is 14.5. The lowest BCUT2D eigenvalue weighted by Crippen LogP contribution is -2.14. The van der Waals surface area contributed by atoms with Crippen LogP contribution in [0.15, 0.2) is 42.5 Å². The Labute approximate surface area is 166 Å². The topological polar surface area (TPSA) is 56.1 Å².